The van der Waals surface area contributed by atoms with E-state index < -0.39 is 10.8 Å². The molecule has 5 rings (SSSR count). The second-order valence-corrected chi connectivity index (χ2v) is 10.2. The third-order valence-electron chi connectivity index (χ3n) is 6.38. The highest BCUT2D eigenvalue weighted by molar-refractivity contribution is 7.84. The first kappa shape index (κ1) is 21.2. The molecule has 3 heterocycles. The molecule has 3 aromatic rings. The normalized spacial score (nSPS) is 19.8. The Kier molecular flexibility index (Phi) is 5.73. The third kappa shape index (κ3) is 4.04. The van der Waals surface area contributed by atoms with E-state index in [1.807, 2.05) is 21.9 Å². The Morgan fingerprint density at radius 3 is 2.53 bits per heavy atom. The van der Waals surface area contributed by atoms with Crippen LogP contribution in [0.4, 0.5) is 4.79 Å². The van der Waals surface area contributed by atoms with Gasteiger partial charge < -0.3 is 9.80 Å². The SMILES string of the molecule is CS(=O)c1cc(Cl)ccc1-c1ccc(C2CN(C(=O)N3CCC(c4ncn[nH]4)C3)C2)cc1. The Bertz CT molecular complexity index is 1150. The second-order valence-electron chi connectivity index (χ2n) is 8.40. The van der Waals surface area contributed by atoms with Crippen LogP contribution in [0.3, 0.4) is 0 Å². The minimum atomic E-state index is -1.12. The first-order valence-corrected chi connectivity index (χ1v) is 12.6. The zero-order chi connectivity index (χ0) is 22.2. The van der Waals surface area contributed by atoms with E-state index in [9.17, 15) is 9.00 Å². The molecule has 2 amide bonds. The zero-order valence-corrected chi connectivity index (χ0v) is 19.3. The maximum Gasteiger partial charge on any atom is 0.320 e. The van der Waals surface area contributed by atoms with Gasteiger partial charge in [0.2, 0.25) is 0 Å². The molecule has 0 spiro atoms. The number of H-pyrrole nitrogens is 1. The predicted octanol–water partition coefficient (Wildman–Crippen LogP) is 3.87. The molecule has 1 aromatic heterocycles. The van der Waals surface area contributed by atoms with E-state index in [-0.39, 0.29) is 11.9 Å². The number of carbonyl (C=O) groups excluding carboxylic acids is 1. The molecule has 2 aliphatic heterocycles. The summed E-state index contributed by atoms with van der Waals surface area (Å²) in [4.78, 5) is 21.7. The summed E-state index contributed by atoms with van der Waals surface area (Å²) in [5.74, 6) is 1.43. The number of aromatic amines is 1. The van der Waals surface area contributed by atoms with E-state index in [1.54, 1.807) is 12.3 Å². The largest absolute Gasteiger partial charge is 0.324 e. The number of nitrogens with one attached hydrogen (secondary N) is 1. The molecule has 0 radical (unpaired) electrons. The van der Waals surface area contributed by atoms with Gasteiger partial charge in [0.15, 0.2) is 0 Å². The molecular weight excluding hydrogens is 446 g/mol. The maximum atomic E-state index is 12.9. The second kappa shape index (κ2) is 8.67. The average molecular weight is 470 g/mol. The molecule has 9 heteroatoms. The zero-order valence-electron chi connectivity index (χ0n) is 17.7. The number of benzene rings is 2. The van der Waals surface area contributed by atoms with Crippen molar-refractivity contribution in [2.75, 3.05) is 32.4 Å². The summed E-state index contributed by atoms with van der Waals surface area (Å²) < 4.78 is 12.1. The Morgan fingerprint density at radius 2 is 1.84 bits per heavy atom. The molecule has 0 bridgehead atoms. The predicted molar refractivity (Wildman–Crippen MR) is 124 cm³/mol. The van der Waals surface area contributed by atoms with E-state index >= 15 is 0 Å². The summed E-state index contributed by atoms with van der Waals surface area (Å²) in [5, 5.41) is 7.41. The first-order valence-electron chi connectivity index (χ1n) is 10.6. The smallest absolute Gasteiger partial charge is 0.320 e. The van der Waals surface area contributed by atoms with Crippen LogP contribution in [-0.2, 0) is 10.8 Å². The molecule has 2 aliphatic rings. The number of hydrogen-bond acceptors (Lipinski definition) is 4. The number of carbonyl (C=O) groups is 1. The summed E-state index contributed by atoms with van der Waals surface area (Å²) >= 11 is 6.08. The molecule has 166 valence electrons. The minimum absolute atomic E-state index is 0.108. The van der Waals surface area contributed by atoms with Crippen molar-refractivity contribution >= 4 is 28.4 Å². The van der Waals surface area contributed by atoms with E-state index in [0.29, 0.717) is 17.5 Å². The summed E-state index contributed by atoms with van der Waals surface area (Å²) in [7, 11) is -1.12. The molecule has 2 aromatic carbocycles. The van der Waals surface area contributed by atoms with E-state index in [1.165, 1.54) is 11.9 Å². The van der Waals surface area contributed by atoms with Gasteiger partial charge in [0.05, 0.1) is 10.8 Å². The van der Waals surface area contributed by atoms with Crippen molar-refractivity contribution in [1.82, 2.24) is 25.0 Å². The quantitative estimate of drug-likeness (QED) is 0.628. The summed E-state index contributed by atoms with van der Waals surface area (Å²) in [6.07, 6.45) is 4.09. The molecule has 0 saturated carbocycles. The van der Waals surface area contributed by atoms with Crippen LogP contribution in [0.5, 0.6) is 0 Å². The van der Waals surface area contributed by atoms with Gasteiger partial charge in [-0.25, -0.2) is 9.78 Å². The number of urea groups is 1. The molecule has 7 nitrogen and oxygen atoms in total. The van der Waals surface area contributed by atoms with Crippen LogP contribution in [-0.4, -0.2) is 67.7 Å². The number of rotatable bonds is 4. The Hall–Kier alpha value is -2.71. The van der Waals surface area contributed by atoms with Crippen LogP contribution in [0.2, 0.25) is 5.02 Å². The Balaban J connectivity index is 1.21. The van der Waals surface area contributed by atoms with Crippen LogP contribution in [0.25, 0.3) is 11.1 Å². The van der Waals surface area contributed by atoms with Gasteiger partial charge in [-0.05, 0) is 35.2 Å². The molecule has 0 aliphatic carbocycles. The van der Waals surface area contributed by atoms with Crippen molar-refractivity contribution in [3.05, 3.63) is 65.2 Å². The molecular formula is C23H24ClN5O2S. The van der Waals surface area contributed by atoms with Crippen molar-refractivity contribution in [1.29, 1.82) is 0 Å². The van der Waals surface area contributed by atoms with Crippen LogP contribution >= 0.6 is 11.6 Å². The summed E-state index contributed by atoms with van der Waals surface area (Å²) in [5.41, 5.74) is 3.16. The molecule has 1 N–H and O–H groups in total. The highest BCUT2D eigenvalue weighted by atomic mass is 35.5. The minimum Gasteiger partial charge on any atom is -0.324 e. The fourth-order valence-electron chi connectivity index (χ4n) is 4.52. The number of amides is 2. The number of halogens is 1. The average Bonchev–Trinajstić information content (AvgIpc) is 3.45. The molecule has 32 heavy (non-hydrogen) atoms. The van der Waals surface area contributed by atoms with Gasteiger partial charge in [0.25, 0.3) is 0 Å². The van der Waals surface area contributed by atoms with Crippen molar-refractivity contribution in [3.63, 3.8) is 0 Å². The van der Waals surface area contributed by atoms with Crippen molar-refractivity contribution in [3.8, 4) is 11.1 Å². The van der Waals surface area contributed by atoms with E-state index in [4.69, 9.17) is 11.6 Å². The number of hydrogen-bond donors (Lipinski definition) is 1. The lowest BCUT2D eigenvalue weighted by atomic mass is 9.90. The van der Waals surface area contributed by atoms with Gasteiger partial charge >= 0.3 is 6.03 Å². The lowest BCUT2D eigenvalue weighted by Crippen LogP contribution is -2.53. The fourth-order valence-corrected chi connectivity index (χ4v) is 5.55. The maximum absolute atomic E-state index is 12.9. The van der Waals surface area contributed by atoms with Crippen LogP contribution < -0.4 is 0 Å². The lowest BCUT2D eigenvalue weighted by Gasteiger charge is -2.41. The standard InChI is InChI=1S/C23H24ClN5O2S/c1-32(31)21-10-19(24)6-7-20(21)16-4-2-15(3-5-16)18-12-29(13-18)23(30)28-9-8-17(11-28)22-25-14-26-27-22/h2-7,10,14,17-18H,8-9,11-13H2,1H3,(H,25,26,27). The topological polar surface area (TPSA) is 82.2 Å². The number of nitrogens with zero attached hydrogens (tertiary/aromatic N) is 4. The summed E-state index contributed by atoms with van der Waals surface area (Å²) in [6.45, 7) is 2.90. The first-order chi connectivity index (χ1) is 15.5. The fraction of sp³-hybridized carbons (Fsp3) is 0.348. The van der Waals surface area contributed by atoms with E-state index in [0.717, 1.165) is 47.9 Å². The van der Waals surface area contributed by atoms with Gasteiger partial charge in [-0.15, -0.1) is 0 Å². The van der Waals surface area contributed by atoms with Gasteiger partial charge in [-0.3, -0.25) is 9.31 Å². The molecule has 2 unspecified atom stereocenters. The lowest BCUT2D eigenvalue weighted by molar-refractivity contribution is 0.121. The van der Waals surface area contributed by atoms with Crippen LogP contribution in [0.15, 0.2) is 53.7 Å². The Morgan fingerprint density at radius 1 is 1.09 bits per heavy atom. The van der Waals surface area contributed by atoms with Gasteiger partial charge in [0, 0.05) is 54.2 Å². The van der Waals surface area contributed by atoms with Crippen LogP contribution in [0, 0.1) is 0 Å². The molecule has 2 saturated heterocycles. The number of likely N-dealkylation sites (tertiary alicyclic amines) is 2. The van der Waals surface area contributed by atoms with Crippen molar-refractivity contribution in [2.24, 2.45) is 0 Å². The van der Waals surface area contributed by atoms with Crippen LogP contribution in [0.1, 0.15) is 29.6 Å². The highest BCUT2D eigenvalue weighted by Crippen LogP contribution is 2.33. The highest BCUT2D eigenvalue weighted by Gasteiger charge is 2.37. The van der Waals surface area contributed by atoms with E-state index in [2.05, 4.69) is 39.4 Å². The van der Waals surface area contributed by atoms with Crippen molar-refractivity contribution in [2.45, 2.75) is 23.2 Å². The summed E-state index contributed by atoms with van der Waals surface area (Å²) in [6, 6.07) is 13.9. The molecule has 2 fully saturated rings. The number of aromatic nitrogens is 3. The third-order valence-corrected chi connectivity index (χ3v) is 7.57. The van der Waals surface area contributed by atoms with Gasteiger partial charge in [0.1, 0.15) is 12.2 Å². The van der Waals surface area contributed by atoms with Crippen molar-refractivity contribution < 1.29 is 9.00 Å². The Labute approximate surface area is 194 Å². The monoisotopic (exact) mass is 469 g/mol. The molecule has 2 atom stereocenters. The van der Waals surface area contributed by atoms with Gasteiger partial charge in [-0.2, -0.15) is 5.10 Å². The van der Waals surface area contributed by atoms with Gasteiger partial charge in [-0.1, -0.05) is 41.9 Å².